The summed E-state index contributed by atoms with van der Waals surface area (Å²) in [5.41, 5.74) is -0.0810. The molecule has 0 aliphatic rings. The van der Waals surface area contributed by atoms with Gasteiger partial charge in [0.2, 0.25) is 10.0 Å². The summed E-state index contributed by atoms with van der Waals surface area (Å²) in [6.45, 7) is 4.80. The zero-order chi connectivity index (χ0) is 15.5. The van der Waals surface area contributed by atoms with Crippen LogP contribution in [0.25, 0.3) is 0 Å². The molecule has 0 spiro atoms. The number of furan rings is 1. The van der Waals surface area contributed by atoms with Crippen molar-refractivity contribution in [3.63, 3.8) is 0 Å². The molecule has 1 heterocycles. The van der Waals surface area contributed by atoms with E-state index in [1.165, 1.54) is 28.1 Å². The molecular weight excluding hydrogens is 286 g/mol. The molecule has 0 fully saturated rings. The van der Waals surface area contributed by atoms with Gasteiger partial charge in [-0.15, -0.1) is 0 Å². The first-order valence-electron chi connectivity index (χ1n) is 5.95. The molecule has 1 atom stereocenters. The molecule has 1 aromatic rings. The summed E-state index contributed by atoms with van der Waals surface area (Å²) in [5.74, 6) is -0.408. The highest BCUT2D eigenvalue weighted by atomic mass is 32.2. The van der Waals surface area contributed by atoms with Crippen molar-refractivity contribution in [3.8, 4) is 0 Å². The van der Waals surface area contributed by atoms with Gasteiger partial charge in [-0.3, -0.25) is 0 Å². The van der Waals surface area contributed by atoms with Crippen LogP contribution in [0.15, 0.2) is 9.31 Å². The summed E-state index contributed by atoms with van der Waals surface area (Å²) >= 11 is 0. The highest BCUT2D eigenvalue weighted by Crippen LogP contribution is 2.27. The molecule has 0 aliphatic heterocycles. The fourth-order valence-corrected chi connectivity index (χ4v) is 3.22. The van der Waals surface area contributed by atoms with Gasteiger partial charge in [0, 0.05) is 13.7 Å². The van der Waals surface area contributed by atoms with Crippen LogP contribution in [-0.2, 0) is 19.5 Å². The normalized spacial score (nSPS) is 13.2. The fraction of sp³-hybridized carbons (Fsp3) is 0.583. The van der Waals surface area contributed by atoms with Crippen LogP contribution in [0.5, 0.6) is 0 Å². The number of methoxy groups -OCH3 is 2. The zero-order valence-electron chi connectivity index (χ0n) is 12.1. The van der Waals surface area contributed by atoms with Gasteiger partial charge < -0.3 is 13.9 Å². The van der Waals surface area contributed by atoms with Crippen molar-refractivity contribution in [3.05, 3.63) is 17.1 Å². The van der Waals surface area contributed by atoms with Crippen LogP contribution in [0, 0.1) is 13.8 Å². The SMILES string of the molecule is COC(=O)c1c(C)oc(C)c1S(=O)(=O)NCC(C)OC. The fourth-order valence-electron chi connectivity index (χ4n) is 1.71. The van der Waals surface area contributed by atoms with E-state index < -0.39 is 16.0 Å². The summed E-state index contributed by atoms with van der Waals surface area (Å²) in [6.07, 6.45) is -0.292. The highest BCUT2D eigenvalue weighted by molar-refractivity contribution is 7.89. The molecule has 8 heteroatoms. The molecule has 0 saturated carbocycles. The molecule has 0 bridgehead atoms. The molecule has 1 N–H and O–H groups in total. The lowest BCUT2D eigenvalue weighted by Crippen LogP contribution is -2.32. The van der Waals surface area contributed by atoms with Gasteiger partial charge in [-0.1, -0.05) is 0 Å². The number of aryl methyl sites for hydroxylation is 2. The van der Waals surface area contributed by atoms with Gasteiger partial charge >= 0.3 is 5.97 Å². The van der Waals surface area contributed by atoms with E-state index in [0.717, 1.165) is 0 Å². The Hall–Kier alpha value is -1.38. The largest absolute Gasteiger partial charge is 0.465 e. The minimum Gasteiger partial charge on any atom is -0.465 e. The number of ether oxygens (including phenoxy) is 2. The molecule has 1 aromatic heterocycles. The summed E-state index contributed by atoms with van der Waals surface area (Å²) in [4.78, 5) is 11.5. The van der Waals surface area contributed by atoms with Crippen LogP contribution in [0.1, 0.15) is 28.8 Å². The third-order valence-electron chi connectivity index (χ3n) is 2.83. The topological polar surface area (TPSA) is 94.8 Å². The maximum Gasteiger partial charge on any atom is 0.342 e. The summed E-state index contributed by atoms with van der Waals surface area (Å²) in [5, 5.41) is 0. The molecule has 0 saturated heterocycles. The van der Waals surface area contributed by atoms with Crippen molar-refractivity contribution in [2.45, 2.75) is 31.8 Å². The van der Waals surface area contributed by atoms with Crippen LogP contribution < -0.4 is 4.72 Å². The van der Waals surface area contributed by atoms with Crippen LogP contribution in [0.3, 0.4) is 0 Å². The van der Waals surface area contributed by atoms with E-state index in [9.17, 15) is 13.2 Å². The average molecular weight is 305 g/mol. The van der Waals surface area contributed by atoms with Crippen molar-refractivity contribution in [2.24, 2.45) is 0 Å². The number of sulfonamides is 1. The van der Waals surface area contributed by atoms with E-state index in [0.29, 0.717) is 0 Å². The zero-order valence-corrected chi connectivity index (χ0v) is 13.0. The molecule has 0 amide bonds. The molecule has 7 nitrogen and oxygen atoms in total. The Morgan fingerprint density at radius 3 is 2.40 bits per heavy atom. The Bertz CT molecular complexity index is 589. The van der Waals surface area contributed by atoms with E-state index in [1.807, 2.05) is 0 Å². The summed E-state index contributed by atoms with van der Waals surface area (Å²) < 4.78 is 41.8. The number of hydrogen-bond acceptors (Lipinski definition) is 6. The van der Waals surface area contributed by atoms with Crippen LogP contribution >= 0.6 is 0 Å². The van der Waals surface area contributed by atoms with Gasteiger partial charge in [-0.25, -0.2) is 17.9 Å². The van der Waals surface area contributed by atoms with Crippen LogP contribution in [0.4, 0.5) is 0 Å². The van der Waals surface area contributed by atoms with Crippen molar-refractivity contribution < 1.29 is 27.1 Å². The van der Waals surface area contributed by atoms with Crippen molar-refractivity contribution >= 4 is 16.0 Å². The molecule has 0 aliphatic carbocycles. The van der Waals surface area contributed by atoms with Crippen LogP contribution in [-0.4, -0.2) is 41.3 Å². The Kier molecular flexibility index (Phi) is 5.32. The summed E-state index contributed by atoms with van der Waals surface area (Å²) in [7, 11) is -1.23. The molecule has 0 aromatic carbocycles. The Morgan fingerprint density at radius 2 is 1.90 bits per heavy atom. The van der Waals surface area contributed by atoms with Gasteiger partial charge in [-0.2, -0.15) is 0 Å². The van der Waals surface area contributed by atoms with E-state index in [1.54, 1.807) is 6.92 Å². The quantitative estimate of drug-likeness (QED) is 0.788. The maximum absolute atomic E-state index is 12.3. The van der Waals surface area contributed by atoms with Crippen molar-refractivity contribution in [1.29, 1.82) is 0 Å². The number of nitrogens with one attached hydrogen (secondary N) is 1. The third kappa shape index (κ3) is 3.38. The predicted octanol–water partition coefficient (Wildman–Crippen LogP) is 0.996. The first-order chi connectivity index (χ1) is 9.24. The second kappa shape index (κ2) is 6.38. The molecule has 1 rings (SSSR count). The predicted molar refractivity (Wildman–Crippen MR) is 71.2 cm³/mol. The molecular formula is C12H19NO6S. The third-order valence-corrected chi connectivity index (χ3v) is 4.40. The van der Waals surface area contributed by atoms with E-state index in [2.05, 4.69) is 9.46 Å². The first-order valence-corrected chi connectivity index (χ1v) is 7.43. The summed E-state index contributed by atoms with van der Waals surface area (Å²) in [6, 6.07) is 0. The monoisotopic (exact) mass is 305 g/mol. The maximum atomic E-state index is 12.3. The number of rotatable bonds is 6. The van der Waals surface area contributed by atoms with E-state index in [4.69, 9.17) is 9.15 Å². The van der Waals surface area contributed by atoms with Gasteiger partial charge in [0.25, 0.3) is 0 Å². The lowest BCUT2D eigenvalue weighted by Gasteiger charge is -2.11. The van der Waals surface area contributed by atoms with Crippen molar-refractivity contribution in [2.75, 3.05) is 20.8 Å². The number of carbonyl (C=O) groups is 1. The Balaban J connectivity index is 3.21. The molecule has 20 heavy (non-hydrogen) atoms. The molecule has 0 radical (unpaired) electrons. The Morgan fingerprint density at radius 1 is 1.30 bits per heavy atom. The van der Waals surface area contributed by atoms with Gasteiger partial charge in [0.15, 0.2) is 0 Å². The highest BCUT2D eigenvalue weighted by Gasteiger charge is 2.31. The smallest absolute Gasteiger partial charge is 0.342 e. The average Bonchev–Trinajstić information content (AvgIpc) is 2.70. The van der Waals surface area contributed by atoms with Gasteiger partial charge in [0.1, 0.15) is 22.0 Å². The number of hydrogen-bond donors (Lipinski definition) is 1. The van der Waals surface area contributed by atoms with Gasteiger partial charge in [-0.05, 0) is 20.8 Å². The molecule has 1 unspecified atom stereocenters. The lowest BCUT2D eigenvalue weighted by molar-refractivity contribution is 0.0595. The minimum atomic E-state index is -3.89. The number of esters is 1. The van der Waals surface area contributed by atoms with Crippen molar-refractivity contribution in [1.82, 2.24) is 4.72 Å². The Labute approximate surface area is 118 Å². The van der Waals surface area contributed by atoms with Gasteiger partial charge in [0.05, 0.1) is 13.2 Å². The van der Waals surface area contributed by atoms with Crippen LogP contribution in [0.2, 0.25) is 0 Å². The van der Waals surface area contributed by atoms with E-state index in [-0.39, 0.29) is 34.6 Å². The number of carbonyl (C=O) groups excluding carboxylic acids is 1. The van der Waals surface area contributed by atoms with E-state index >= 15 is 0 Å². The second-order valence-corrected chi connectivity index (χ2v) is 6.01. The minimum absolute atomic E-state index is 0.0810. The molecule has 114 valence electrons. The lowest BCUT2D eigenvalue weighted by atomic mass is 10.2. The second-order valence-electron chi connectivity index (χ2n) is 4.31. The first kappa shape index (κ1) is 16.7. The standard InChI is InChI=1S/C12H19NO6S/c1-7(17-4)6-13-20(15,16)11-9(3)19-8(2)10(11)12(14)18-5/h7,13H,6H2,1-5H3.